The summed E-state index contributed by atoms with van der Waals surface area (Å²) in [5.74, 6) is 1.64. The first-order valence-corrected chi connectivity index (χ1v) is 8.36. The normalized spacial score (nSPS) is 16.8. The second kappa shape index (κ2) is 7.49. The number of furan rings is 1. The van der Waals surface area contributed by atoms with Crippen LogP contribution in [0.2, 0.25) is 0 Å². The highest BCUT2D eigenvalue weighted by atomic mass is 16.3. The maximum absolute atomic E-state index is 12.4. The fraction of sp³-hybridized carbons (Fsp3) is 0.444. The van der Waals surface area contributed by atoms with Crippen LogP contribution in [-0.4, -0.2) is 47.0 Å². The summed E-state index contributed by atoms with van der Waals surface area (Å²) >= 11 is 0. The number of pyridine rings is 1. The van der Waals surface area contributed by atoms with E-state index in [1.165, 1.54) is 0 Å². The molecule has 0 spiro atoms. The van der Waals surface area contributed by atoms with Crippen LogP contribution in [0, 0.1) is 6.92 Å². The number of nitrogens with zero attached hydrogens (tertiary/aromatic N) is 3. The van der Waals surface area contributed by atoms with Crippen LogP contribution in [0.4, 0.5) is 4.79 Å². The Morgan fingerprint density at radius 2 is 2.04 bits per heavy atom. The molecule has 3 rings (SSSR count). The summed E-state index contributed by atoms with van der Waals surface area (Å²) in [5.41, 5.74) is 1.07. The predicted octanol–water partition coefficient (Wildman–Crippen LogP) is 2.57. The number of nitrogens with one attached hydrogen (secondary N) is 1. The van der Waals surface area contributed by atoms with Gasteiger partial charge in [-0.25, -0.2) is 4.79 Å². The van der Waals surface area contributed by atoms with Gasteiger partial charge in [0.05, 0.1) is 11.7 Å². The predicted molar refractivity (Wildman–Crippen MR) is 91.5 cm³/mol. The maximum atomic E-state index is 12.4. The van der Waals surface area contributed by atoms with Crippen LogP contribution >= 0.6 is 0 Å². The van der Waals surface area contributed by atoms with Crippen molar-refractivity contribution in [3.05, 3.63) is 53.7 Å². The van der Waals surface area contributed by atoms with Crippen LogP contribution in [0.15, 0.2) is 40.9 Å². The average Bonchev–Trinajstić information content (AvgIpc) is 3.03. The fourth-order valence-corrected chi connectivity index (χ4v) is 2.86. The Kier molecular flexibility index (Phi) is 5.15. The van der Waals surface area contributed by atoms with Gasteiger partial charge in [-0.3, -0.25) is 9.88 Å². The molecule has 3 heterocycles. The first-order chi connectivity index (χ1) is 11.6. The van der Waals surface area contributed by atoms with Crippen LogP contribution in [-0.2, 0) is 6.54 Å². The van der Waals surface area contributed by atoms with Crippen LogP contribution in [0.3, 0.4) is 0 Å². The lowest BCUT2D eigenvalue weighted by atomic mass is 10.2. The summed E-state index contributed by atoms with van der Waals surface area (Å²) in [4.78, 5) is 20.9. The minimum Gasteiger partial charge on any atom is -0.464 e. The summed E-state index contributed by atoms with van der Waals surface area (Å²) in [6.07, 6.45) is 1.82. The average molecular weight is 328 g/mol. The molecule has 6 nitrogen and oxygen atoms in total. The Morgan fingerprint density at radius 3 is 2.67 bits per heavy atom. The molecule has 1 aliphatic rings. The highest BCUT2D eigenvalue weighted by Gasteiger charge is 2.23. The number of hydrogen-bond acceptors (Lipinski definition) is 4. The lowest BCUT2D eigenvalue weighted by Crippen LogP contribution is -2.51. The Bertz CT molecular complexity index is 663. The summed E-state index contributed by atoms with van der Waals surface area (Å²) in [7, 11) is 0. The molecule has 1 aliphatic heterocycles. The van der Waals surface area contributed by atoms with Crippen LogP contribution in [0.25, 0.3) is 0 Å². The van der Waals surface area contributed by atoms with Crippen molar-refractivity contribution in [2.75, 3.05) is 26.2 Å². The maximum Gasteiger partial charge on any atom is 0.318 e. The molecule has 0 aliphatic carbocycles. The van der Waals surface area contributed by atoms with Crippen LogP contribution in [0.5, 0.6) is 0 Å². The molecular formula is C18H24N4O2. The zero-order valence-electron chi connectivity index (χ0n) is 14.2. The van der Waals surface area contributed by atoms with Gasteiger partial charge in [-0.15, -0.1) is 0 Å². The highest BCUT2D eigenvalue weighted by molar-refractivity contribution is 5.74. The van der Waals surface area contributed by atoms with Gasteiger partial charge in [0.15, 0.2) is 0 Å². The molecule has 0 aromatic carbocycles. The second-order valence-electron chi connectivity index (χ2n) is 6.20. The third kappa shape index (κ3) is 4.14. The standard InChI is InChI=1S/C18H24N4O2/c1-14-6-7-17(24-14)15(2)20-18(23)22-11-9-21(10-12-22)13-16-5-3-4-8-19-16/h3-8,15H,9-13H2,1-2H3,(H,20,23)/t15-/m1/s1. The molecule has 2 aromatic heterocycles. The van der Waals surface area contributed by atoms with Gasteiger partial charge < -0.3 is 14.6 Å². The van der Waals surface area contributed by atoms with Crippen molar-refractivity contribution in [1.82, 2.24) is 20.1 Å². The van der Waals surface area contributed by atoms with Gasteiger partial charge in [-0.1, -0.05) is 6.07 Å². The van der Waals surface area contributed by atoms with E-state index in [1.807, 2.05) is 55.3 Å². The van der Waals surface area contributed by atoms with Crippen molar-refractivity contribution in [2.45, 2.75) is 26.4 Å². The van der Waals surface area contributed by atoms with E-state index in [0.717, 1.165) is 49.9 Å². The van der Waals surface area contributed by atoms with Gasteiger partial charge in [0.1, 0.15) is 11.5 Å². The van der Waals surface area contributed by atoms with Crippen molar-refractivity contribution >= 4 is 6.03 Å². The van der Waals surface area contributed by atoms with Gasteiger partial charge in [0, 0.05) is 38.9 Å². The largest absolute Gasteiger partial charge is 0.464 e. The number of carbonyl (C=O) groups excluding carboxylic acids is 1. The van der Waals surface area contributed by atoms with Crippen molar-refractivity contribution in [2.24, 2.45) is 0 Å². The molecule has 0 saturated carbocycles. The van der Waals surface area contributed by atoms with E-state index < -0.39 is 0 Å². The molecule has 1 fully saturated rings. The molecule has 0 unspecified atom stereocenters. The number of urea groups is 1. The Labute approximate surface area is 142 Å². The molecule has 0 radical (unpaired) electrons. The van der Waals surface area contributed by atoms with E-state index in [4.69, 9.17) is 4.42 Å². The molecule has 24 heavy (non-hydrogen) atoms. The molecule has 2 aromatic rings. The van der Waals surface area contributed by atoms with Gasteiger partial charge in [0.2, 0.25) is 0 Å². The van der Waals surface area contributed by atoms with E-state index >= 15 is 0 Å². The summed E-state index contributed by atoms with van der Waals surface area (Å²) in [6.45, 7) is 7.84. The van der Waals surface area contributed by atoms with Gasteiger partial charge >= 0.3 is 6.03 Å². The number of aromatic nitrogens is 1. The molecule has 1 saturated heterocycles. The first kappa shape index (κ1) is 16.5. The molecule has 2 amide bonds. The van der Waals surface area contributed by atoms with E-state index in [9.17, 15) is 4.79 Å². The Hall–Kier alpha value is -2.34. The van der Waals surface area contributed by atoms with Crippen LogP contribution < -0.4 is 5.32 Å². The first-order valence-electron chi connectivity index (χ1n) is 8.36. The SMILES string of the molecule is Cc1ccc([C@@H](C)NC(=O)N2CCN(Cc3ccccn3)CC2)o1. The van der Waals surface area contributed by atoms with Gasteiger partial charge in [0.25, 0.3) is 0 Å². The van der Waals surface area contributed by atoms with Gasteiger partial charge in [-0.05, 0) is 38.1 Å². The number of carbonyl (C=O) groups is 1. The summed E-state index contributed by atoms with van der Waals surface area (Å²) in [5, 5.41) is 3.01. The number of rotatable bonds is 4. The van der Waals surface area contributed by atoms with Gasteiger partial charge in [-0.2, -0.15) is 0 Å². The van der Waals surface area contributed by atoms with E-state index in [-0.39, 0.29) is 12.1 Å². The number of piperazine rings is 1. The lowest BCUT2D eigenvalue weighted by Gasteiger charge is -2.35. The summed E-state index contributed by atoms with van der Waals surface area (Å²) in [6, 6.07) is 9.62. The molecule has 1 atom stereocenters. The van der Waals surface area contributed by atoms with E-state index in [0.29, 0.717) is 0 Å². The van der Waals surface area contributed by atoms with Crippen molar-refractivity contribution in [1.29, 1.82) is 0 Å². The molecule has 6 heteroatoms. The van der Waals surface area contributed by atoms with E-state index in [1.54, 1.807) is 0 Å². The molecule has 1 N–H and O–H groups in total. The summed E-state index contributed by atoms with van der Waals surface area (Å²) < 4.78 is 5.57. The topological polar surface area (TPSA) is 61.6 Å². The van der Waals surface area contributed by atoms with Crippen LogP contribution in [0.1, 0.15) is 30.2 Å². The quantitative estimate of drug-likeness (QED) is 0.937. The van der Waals surface area contributed by atoms with E-state index in [2.05, 4.69) is 15.2 Å². The highest BCUT2D eigenvalue weighted by Crippen LogP contribution is 2.16. The lowest BCUT2D eigenvalue weighted by molar-refractivity contribution is 0.132. The molecule has 0 bridgehead atoms. The Morgan fingerprint density at radius 1 is 1.25 bits per heavy atom. The minimum atomic E-state index is -0.127. The van der Waals surface area contributed by atoms with Crippen molar-refractivity contribution < 1.29 is 9.21 Å². The molecular weight excluding hydrogens is 304 g/mol. The number of amides is 2. The van der Waals surface area contributed by atoms with Crippen molar-refractivity contribution in [3.63, 3.8) is 0 Å². The Balaban J connectivity index is 1.46. The third-order valence-corrected chi connectivity index (χ3v) is 4.30. The monoisotopic (exact) mass is 328 g/mol. The number of hydrogen-bond donors (Lipinski definition) is 1. The zero-order valence-corrected chi connectivity index (χ0v) is 14.2. The zero-order chi connectivity index (χ0) is 16.9. The smallest absolute Gasteiger partial charge is 0.318 e. The second-order valence-corrected chi connectivity index (χ2v) is 6.20. The molecule has 128 valence electrons. The fourth-order valence-electron chi connectivity index (χ4n) is 2.86. The van der Waals surface area contributed by atoms with Crippen molar-refractivity contribution in [3.8, 4) is 0 Å². The third-order valence-electron chi connectivity index (χ3n) is 4.30. The number of aryl methyl sites for hydroxylation is 1. The minimum absolute atomic E-state index is 0.0333.